The first-order valence-corrected chi connectivity index (χ1v) is 2.34. The Hall–Kier alpha value is 0.297. The molecule has 0 unspecified atom stereocenters. The topological polar surface area (TPSA) is 48.2 Å². The molecule has 0 rings (SSSR count). The zero-order chi connectivity index (χ0) is 6.78. The summed E-state index contributed by atoms with van der Waals surface area (Å²) in [5, 5.41) is 0. The van der Waals surface area contributed by atoms with Crippen molar-refractivity contribution in [3.8, 4) is 0 Å². The van der Waals surface area contributed by atoms with Gasteiger partial charge in [0.05, 0.1) is 0 Å². The third-order valence-corrected chi connectivity index (χ3v) is 0.534. The van der Waals surface area contributed by atoms with Crippen LogP contribution in [0.15, 0.2) is 0 Å². The molecule has 49 valence electrons. The Morgan fingerprint density at radius 2 is 1.56 bits per heavy atom. The van der Waals surface area contributed by atoms with Crippen molar-refractivity contribution in [1.82, 2.24) is 4.72 Å². The van der Waals surface area contributed by atoms with Crippen LogP contribution in [0.4, 0.5) is 13.2 Å². The monoisotopic (exact) mass is 154 g/mol. The molecule has 0 saturated carbocycles. The minimum Gasteiger partial charge on any atom is -0.407 e. The van der Waals surface area contributed by atoms with Crippen molar-refractivity contribution >= 4 is 10.9 Å². The summed E-state index contributed by atoms with van der Waals surface area (Å²) in [6.07, 6.45) is -4.97. The summed E-state index contributed by atoms with van der Waals surface area (Å²) in [4.78, 5) is 0. The summed E-state index contributed by atoms with van der Waals surface area (Å²) in [5.41, 5.74) is 0. The van der Waals surface area contributed by atoms with Crippen molar-refractivity contribution in [2.45, 2.75) is 6.30 Å². The zero-order valence-corrected chi connectivity index (χ0v) is 5.12. The van der Waals surface area contributed by atoms with Gasteiger partial charge in [-0.2, -0.15) is 17.9 Å². The molecule has 0 amide bonds. The van der Waals surface area contributed by atoms with E-state index in [0.717, 1.165) is 0 Å². The van der Waals surface area contributed by atoms with Gasteiger partial charge in [-0.25, -0.2) is 0 Å². The zero-order valence-electron chi connectivity index (χ0n) is 4.31. The van der Waals surface area contributed by atoms with Crippen LogP contribution in [0.1, 0.15) is 0 Å². The first-order chi connectivity index (χ1) is 3.42. The molecule has 3 nitrogen and oxygen atoms in total. The molecular formula is CF3LiNO2S. The minimum atomic E-state index is -4.97. The third-order valence-electron chi connectivity index (χ3n) is 0.178. The molecule has 0 aliphatic carbocycles. The first kappa shape index (κ1) is 12.0. The fraction of sp³-hybridized carbons (Fsp3) is 1.00. The van der Waals surface area contributed by atoms with Crippen molar-refractivity contribution in [2.75, 3.05) is 0 Å². The molecule has 9 heavy (non-hydrogen) atoms. The molecule has 8 heteroatoms. The Labute approximate surface area is 62.9 Å². The van der Waals surface area contributed by atoms with Crippen molar-refractivity contribution in [1.29, 1.82) is 0 Å². The number of rotatable bonds is 1. The minimum absolute atomic E-state index is 0. The molecule has 1 radical (unpaired) electrons. The summed E-state index contributed by atoms with van der Waals surface area (Å²) < 4.78 is 51.8. The molecule has 0 aromatic carbocycles. The van der Waals surface area contributed by atoms with Crippen molar-refractivity contribution in [2.24, 2.45) is 0 Å². The molecule has 0 spiro atoms. The number of halogens is 3. The molecule has 0 heterocycles. The molecule has 0 fully saturated rings. The first-order valence-electron chi connectivity index (χ1n) is 1.31. The largest absolute Gasteiger partial charge is 1.00 e. The molecule has 0 N–H and O–H groups in total. The van der Waals surface area contributed by atoms with Crippen molar-refractivity contribution < 1.29 is 40.4 Å². The Kier molecular flexibility index (Phi) is 5.57. The standard InChI is InChI=1S/CF3NO2S.Li/c2-1(3,4)5-8(6)7;/q-1;+1. The van der Waals surface area contributed by atoms with Crippen molar-refractivity contribution in [3.63, 3.8) is 0 Å². The van der Waals surface area contributed by atoms with Crippen LogP contribution in [-0.4, -0.2) is 6.30 Å². The Bertz CT molecular complexity index is 133. The molecule has 0 saturated heterocycles. The third kappa shape index (κ3) is 11.7. The van der Waals surface area contributed by atoms with E-state index in [1.54, 1.807) is 0 Å². The Morgan fingerprint density at radius 1 is 1.22 bits per heavy atom. The summed E-state index contributed by atoms with van der Waals surface area (Å²) >= 11 is 0. The van der Waals surface area contributed by atoms with E-state index in [-0.39, 0.29) is 18.9 Å². The average Bonchev–Trinajstić information content (AvgIpc) is 1.21. The van der Waals surface area contributed by atoms with Gasteiger partial charge in [0.2, 0.25) is 0 Å². The fourth-order valence-electron chi connectivity index (χ4n) is 0.0845. The molecular weight excluding hydrogens is 154 g/mol. The van der Waals surface area contributed by atoms with Crippen LogP contribution >= 0.6 is 0 Å². The predicted molar refractivity (Wildman–Crippen MR) is 16.9 cm³/mol. The average molecular weight is 154 g/mol. The fourth-order valence-corrected chi connectivity index (χ4v) is 0.254. The summed E-state index contributed by atoms with van der Waals surface area (Å²) in [5.74, 6) is 0. The number of nitrogens with zero attached hydrogens (tertiary/aromatic N) is 1. The number of hydrogen-bond acceptors (Lipinski definition) is 3. The van der Waals surface area contributed by atoms with Crippen LogP contribution in [0.3, 0.4) is 0 Å². The molecule has 0 bridgehead atoms. The molecule has 0 aromatic rings. The van der Waals surface area contributed by atoms with Gasteiger partial charge in [-0.3, -0.25) is 0 Å². The number of hydrogen-bond donors (Lipinski definition) is 0. The van der Waals surface area contributed by atoms with E-state index >= 15 is 0 Å². The van der Waals surface area contributed by atoms with E-state index in [1.807, 2.05) is 0 Å². The summed E-state index contributed by atoms with van der Waals surface area (Å²) in [6, 6.07) is 0. The van der Waals surface area contributed by atoms with E-state index in [4.69, 9.17) is 8.42 Å². The van der Waals surface area contributed by atoms with Crippen LogP contribution in [-0.2, 0) is 19.3 Å². The second kappa shape index (κ2) is 4.17. The van der Waals surface area contributed by atoms with E-state index in [0.29, 0.717) is 0 Å². The maximum Gasteiger partial charge on any atom is 1.00 e. The van der Waals surface area contributed by atoms with Crippen molar-refractivity contribution in [3.05, 3.63) is 0 Å². The number of alkyl halides is 3. The van der Waals surface area contributed by atoms with E-state index in [9.17, 15) is 13.2 Å². The molecule has 0 aromatic heterocycles. The van der Waals surface area contributed by atoms with E-state index in [1.165, 1.54) is 4.72 Å². The SMILES string of the molecule is O=[S-](=O)[N]C(F)(F)F.[Li+]. The van der Waals surface area contributed by atoms with Gasteiger partial charge in [0.1, 0.15) is 0 Å². The quantitative estimate of drug-likeness (QED) is 0.235. The van der Waals surface area contributed by atoms with E-state index in [2.05, 4.69) is 0 Å². The van der Waals surface area contributed by atoms with Crippen LogP contribution in [0.2, 0.25) is 0 Å². The second-order valence-electron chi connectivity index (χ2n) is 0.776. The maximum atomic E-state index is 10.7. The predicted octanol–water partition coefficient (Wildman–Crippen LogP) is -2.66. The Morgan fingerprint density at radius 3 is 1.56 bits per heavy atom. The smallest absolute Gasteiger partial charge is 0.407 e. The maximum absolute atomic E-state index is 10.7. The van der Waals surface area contributed by atoms with Crippen LogP contribution in [0.5, 0.6) is 0 Å². The van der Waals surface area contributed by atoms with Gasteiger partial charge >= 0.3 is 25.2 Å². The molecule has 0 atom stereocenters. The normalized spacial score (nSPS) is 11.1. The summed E-state index contributed by atoms with van der Waals surface area (Å²) in [7, 11) is -3.39. The van der Waals surface area contributed by atoms with Gasteiger partial charge in [-0.1, -0.05) is 0 Å². The van der Waals surface area contributed by atoms with Gasteiger partial charge in [0.15, 0.2) is 0 Å². The van der Waals surface area contributed by atoms with Gasteiger partial charge in [-0.05, 0) is 0 Å². The van der Waals surface area contributed by atoms with Crippen LogP contribution in [0.25, 0.3) is 0 Å². The molecule has 0 aliphatic rings. The van der Waals surface area contributed by atoms with E-state index < -0.39 is 17.2 Å². The summed E-state index contributed by atoms with van der Waals surface area (Å²) in [6.45, 7) is 0. The van der Waals surface area contributed by atoms with Gasteiger partial charge < -0.3 is 8.42 Å². The second-order valence-corrected chi connectivity index (χ2v) is 1.39. The van der Waals surface area contributed by atoms with Crippen LogP contribution < -0.4 is 23.6 Å². The van der Waals surface area contributed by atoms with Gasteiger partial charge in [0, 0.05) is 10.9 Å². The van der Waals surface area contributed by atoms with Crippen LogP contribution in [0, 0.1) is 0 Å². The molecule has 0 aliphatic heterocycles. The van der Waals surface area contributed by atoms with Gasteiger partial charge in [0.25, 0.3) is 0 Å². The Balaban J connectivity index is 0. The van der Waals surface area contributed by atoms with Gasteiger partial charge in [-0.15, -0.1) is 0 Å².